The van der Waals surface area contributed by atoms with Crippen molar-refractivity contribution >= 4 is 0 Å². The summed E-state index contributed by atoms with van der Waals surface area (Å²) in [5.41, 5.74) is 0. The van der Waals surface area contributed by atoms with Crippen molar-refractivity contribution in [3.63, 3.8) is 0 Å². The van der Waals surface area contributed by atoms with Gasteiger partial charge in [-0.1, -0.05) is 46.0 Å². The first kappa shape index (κ1) is 7.00. The van der Waals surface area contributed by atoms with Crippen molar-refractivity contribution in [1.82, 2.24) is 0 Å². The molecule has 1 aliphatic rings. The second kappa shape index (κ2) is 6.00. The maximum atomic E-state index is 2.12. The highest BCUT2D eigenvalue weighted by atomic mass is 14.0. The van der Waals surface area contributed by atoms with Crippen molar-refractivity contribution in [2.45, 2.75) is 46.0 Å². The highest BCUT2D eigenvalue weighted by Gasteiger charge is 1.95. The van der Waals surface area contributed by atoms with Crippen LogP contribution < -0.4 is 0 Å². The monoisotopic (exact) mass is 103 g/mol. The van der Waals surface area contributed by atoms with Gasteiger partial charge in [-0.05, 0) is 0 Å². The zero-order valence-corrected chi connectivity index (χ0v) is 5.54. The van der Waals surface area contributed by atoms with Crippen LogP contribution >= 0.6 is 0 Å². The topological polar surface area (TPSA) is 0 Å². The van der Waals surface area contributed by atoms with Crippen LogP contribution in [0.4, 0.5) is 0 Å². The van der Waals surface area contributed by atoms with Crippen LogP contribution in [-0.4, -0.2) is 0 Å². The Bertz CT molecular complexity index is 19.6. The Kier molecular flexibility index (Phi) is 6.00. The quantitative estimate of drug-likeness (QED) is 0.441. The Hall–Kier alpha value is 0. The van der Waals surface area contributed by atoms with Crippen molar-refractivity contribution < 1.29 is 1.43 Å². The van der Waals surface area contributed by atoms with E-state index in [2.05, 4.69) is 13.8 Å². The second-order valence-electron chi connectivity index (χ2n) is 2.12. The molecule has 0 bridgehead atoms. The van der Waals surface area contributed by atoms with E-state index in [1.165, 1.54) is 32.1 Å². The third kappa shape index (κ3) is 6.00. The standard InChI is InChI=1S/C4H8.C3H8.H2/c1-2-4-3-1;1-3-2;/h1-4H2;3H2,1-2H3;1H/i;;1+1. The molecule has 0 heteroatoms. The zero-order chi connectivity index (χ0) is 5.54. The molecule has 0 atom stereocenters. The van der Waals surface area contributed by atoms with Crippen LogP contribution in [0.15, 0.2) is 0 Å². The minimum atomic E-state index is 0. The lowest BCUT2D eigenvalue weighted by molar-refractivity contribution is 0.504. The highest BCUT2D eigenvalue weighted by molar-refractivity contribution is 4.50. The lowest BCUT2D eigenvalue weighted by Crippen LogP contribution is -1.85. The molecule has 1 rings (SSSR count). The molecule has 0 aromatic rings. The van der Waals surface area contributed by atoms with E-state index >= 15 is 0 Å². The lowest BCUT2D eigenvalue weighted by Gasteiger charge is -2.05. The number of rotatable bonds is 0. The van der Waals surface area contributed by atoms with Crippen LogP contribution in [0.25, 0.3) is 0 Å². The summed E-state index contributed by atoms with van der Waals surface area (Å²) in [6.07, 6.45) is 7.25. The van der Waals surface area contributed by atoms with Gasteiger partial charge in [0.2, 0.25) is 0 Å². The van der Waals surface area contributed by atoms with Gasteiger partial charge in [0.15, 0.2) is 0 Å². The molecule has 1 fully saturated rings. The van der Waals surface area contributed by atoms with Crippen LogP contribution in [0.3, 0.4) is 0 Å². The van der Waals surface area contributed by atoms with Gasteiger partial charge in [-0.15, -0.1) is 0 Å². The fraction of sp³-hybridized carbons (Fsp3) is 1.00. The molecule has 1 aliphatic carbocycles. The van der Waals surface area contributed by atoms with Gasteiger partial charge < -0.3 is 0 Å². The van der Waals surface area contributed by atoms with Crippen molar-refractivity contribution in [1.29, 1.82) is 0 Å². The predicted octanol–water partition coefficient (Wildman–Crippen LogP) is 3.22. The van der Waals surface area contributed by atoms with E-state index in [0.29, 0.717) is 0 Å². The third-order valence-electron chi connectivity index (χ3n) is 1.000. The summed E-state index contributed by atoms with van der Waals surface area (Å²) in [6.45, 7) is 4.25. The Morgan fingerprint density at radius 1 is 1.00 bits per heavy atom. The van der Waals surface area contributed by atoms with Gasteiger partial charge in [0.1, 0.15) is 0 Å². The highest BCUT2D eigenvalue weighted by Crippen LogP contribution is 2.15. The molecule has 0 aromatic carbocycles. The SMILES string of the molecule is C1CCC1.CCC.[2HH]. The van der Waals surface area contributed by atoms with Crippen LogP contribution in [0, 0.1) is 0 Å². The fourth-order valence-corrected chi connectivity index (χ4v) is 0.250. The Labute approximate surface area is 48.4 Å². The summed E-state index contributed by atoms with van der Waals surface area (Å²) in [5, 5.41) is 0. The summed E-state index contributed by atoms with van der Waals surface area (Å²) < 4.78 is 0. The van der Waals surface area contributed by atoms with Gasteiger partial charge >= 0.3 is 0 Å². The molecule has 0 heterocycles. The van der Waals surface area contributed by atoms with Gasteiger partial charge in [0, 0.05) is 1.43 Å². The van der Waals surface area contributed by atoms with E-state index in [0.717, 1.165) is 0 Å². The van der Waals surface area contributed by atoms with E-state index in [-0.39, 0.29) is 1.43 Å². The van der Waals surface area contributed by atoms with Gasteiger partial charge in [0.05, 0.1) is 0 Å². The molecule has 0 N–H and O–H groups in total. The molecule has 0 aromatic heterocycles. The van der Waals surface area contributed by atoms with Gasteiger partial charge in [0.25, 0.3) is 0 Å². The van der Waals surface area contributed by atoms with E-state index in [1.807, 2.05) is 0 Å². The first-order valence-electron chi connectivity index (χ1n) is 3.41. The number of hydrogen-bond acceptors (Lipinski definition) is 0. The Morgan fingerprint density at radius 3 is 1.14 bits per heavy atom. The molecule has 46 valence electrons. The molecule has 0 saturated heterocycles. The number of hydrogen-bond donors (Lipinski definition) is 0. The van der Waals surface area contributed by atoms with Crippen molar-refractivity contribution in [3.05, 3.63) is 0 Å². The van der Waals surface area contributed by atoms with Crippen molar-refractivity contribution in [2.24, 2.45) is 0 Å². The smallest absolute Gasteiger partial charge is 0 e. The zero-order valence-electron chi connectivity index (χ0n) is 5.54. The van der Waals surface area contributed by atoms with E-state index < -0.39 is 0 Å². The summed E-state index contributed by atoms with van der Waals surface area (Å²) in [4.78, 5) is 0. The molecule has 0 nitrogen and oxygen atoms in total. The van der Waals surface area contributed by atoms with Crippen LogP contribution in [0.2, 0.25) is 0 Å². The largest absolute Gasteiger partial charge is 0.0656 e. The molecular formula is C7H18. The average molecular weight is 103 g/mol. The molecule has 1 saturated carbocycles. The molecule has 7 heavy (non-hydrogen) atoms. The Balaban J connectivity index is 0. The average Bonchev–Trinajstić information content (AvgIpc) is 1.27. The van der Waals surface area contributed by atoms with Crippen LogP contribution in [0.1, 0.15) is 47.4 Å². The fourth-order valence-electron chi connectivity index (χ4n) is 0.250. The normalized spacial score (nSPS) is 16.3. The maximum Gasteiger partial charge on any atom is 0 e. The summed E-state index contributed by atoms with van der Waals surface area (Å²) in [6, 6.07) is 0. The third-order valence-corrected chi connectivity index (χ3v) is 1.000. The second-order valence-corrected chi connectivity index (χ2v) is 2.12. The lowest BCUT2D eigenvalue weighted by atomic mass is 10.0. The molecule has 0 unspecified atom stereocenters. The maximum absolute atomic E-state index is 2.12. The van der Waals surface area contributed by atoms with Crippen LogP contribution in [-0.2, 0) is 0 Å². The van der Waals surface area contributed by atoms with Gasteiger partial charge in [-0.3, -0.25) is 0 Å². The summed E-state index contributed by atoms with van der Waals surface area (Å²) >= 11 is 0. The first-order chi connectivity index (χ1) is 3.41. The van der Waals surface area contributed by atoms with Gasteiger partial charge in [-0.25, -0.2) is 0 Å². The van der Waals surface area contributed by atoms with E-state index in [1.54, 1.807) is 0 Å². The molecule has 0 radical (unpaired) electrons. The predicted molar refractivity (Wildman–Crippen MR) is 36.5 cm³/mol. The Morgan fingerprint density at radius 2 is 1.14 bits per heavy atom. The molecule has 0 amide bonds. The minimum Gasteiger partial charge on any atom is -0.0656 e. The summed E-state index contributed by atoms with van der Waals surface area (Å²) in [7, 11) is 0. The molecule has 0 aliphatic heterocycles. The first-order valence-corrected chi connectivity index (χ1v) is 3.41. The molecular weight excluding hydrogens is 84.1 g/mol. The molecule has 0 spiro atoms. The summed E-state index contributed by atoms with van der Waals surface area (Å²) in [5.74, 6) is 0. The van der Waals surface area contributed by atoms with E-state index in [9.17, 15) is 0 Å². The van der Waals surface area contributed by atoms with Crippen LogP contribution in [0.5, 0.6) is 0 Å². The van der Waals surface area contributed by atoms with Gasteiger partial charge in [-0.2, -0.15) is 0 Å². The van der Waals surface area contributed by atoms with Crippen molar-refractivity contribution in [2.75, 3.05) is 0 Å². The van der Waals surface area contributed by atoms with E-state index in [4.69, 9.17) is 0 Å². The van der Waals surface area contributed by atoms with Crippen molar-refractivity contribution in [3.8, 4) is 0 Å². The minimum absolute atomic E-state index is 0.